The van der Waals surface area contributed by atoms with Crippen molar-refractivity contribution in [2.45, 2.75) is 0 Å². The molecule has 16 heavy (non-hydrogen) atoms. The number of ketones is 2. The van der Waals surface area contributed by atoms with Crippen molar-refractivity contribution in [1.82, 2.24) is 4.98 Å². The maximum Gasteiger partial charge on any atom is 0.210 e. The van der Waals surface area contributed by atoms with Crippen LogP contribution in [-0.2, 0) is 0 Å². The number of H-pyrrole nitrogens is 1. The van der Waals surface area contributed by atoms with Crippen LogP contribution in [0.25, 0.3) is 0 Å². The summed E-state index contributed by atoms with van der Waals surface area (Å²) in [5.41, 5.74) is 0.960. The van der Waals surface area contributed by atoms with E-state index in [1.54, 1.807) is 24.4 Å². The van der Waals surface area contributed by atoms with E-state index >= 15 is 0 Å². The molecule has 0 bridgehead atoms. The van der Waals surface area contributed by atoms with Gasteiger partial charge in [-0.1, -0.05) is 6.07 Å². The largest absolute Gasteiger partial charge is 0.507 e. The molecule has 78 valence electrons. The van der Waals surface area contributed by atoms with Gasteiger partial charge in [0.05, 0.1) is 16.8 Å². The highest BCUT2D eigenvalue weighted by molar-refractivity contribution is 6.28. The summed E-state index contributed by atoms with van der Waals surface area (Å²) in [5.74, 6) is -0.725. The second-order valence-corrected chi connectivity index (χ2v) is 3.62. The summed E-state index contributed by atoms with van der Waals surface area (Å²) in [4.78, 5) is 26.7. The van der Waals surface area contributed by atoms with Crippen molar-refractivity contribution < 1.29 is 14.7 Å². The molecule has 4 heteroatoms. The number of fused-ring (bicyclic) bond motifs is 2. The van der Waals surface area contributed by atoms with Crippen LogP contribution in [0, 0.1) is 0 Å². The highest BCUT2D eigenvalue weighted by Crippen LogP contribution is 2.31. The number of benzene rings is 1. The molecule has 0 unspecified atom stereocenters. The Bertz CT molecular complexity index is 625. The van der Waals surface area contributed by atoms with Crippen LogP contribution in [0.2, 0.25) is 0 Å². The van der Waals surface area contributed by atoms with Crippen molar-refractivity contribution in [3.8, 4) is 5.75 Å². The lowest BCUT2D eigenvalue weighted by molar-refractivity contribution is 0.0974. The van der Waals surface area contributed by atoms with Gasteiger partial charge in [0.15, 0.2) is 5.78 Å². The monoisotopic (exact) mass is 213 g/mol. The van der Waals surface area contributed by atoms with Gasteiger partial charge in [0, 0.05) is 11.8 Å². The zero-order chi connectivity index (χ0) is 11.3. The van der Waals surface area contributed by atoms with Gasteiger partial charge < -0.3 is 10.1 Å². The first-order valence-corrected chi connectivity index (χ1v) is 4.79. The molecule has 0 amide bonds. The Balaban J connectivity index is 2.38. The second-order valence-electron chi connectivity index (χ2n) is 3.62. The first-order chi connectivity index (χ1) is 7.70. The molecule has 0 spiro atoms. The maximum absolute atomic E-state index is 12.0. The summed E-state index contributed by atoms with van der Waals surface area (Å²) in [6, 6.07) is 6.04. The molecule has 1 aliphatic rings. The van der Waals surface area contributed by atoms with Crippen LogP contribution in [0.4, 0.5) is 0 Å². The third-order valence-electron chi connectivity index (χ3n) is 2.73. The molecule has 2 aromatic rings. The third kappa shape index (κ3) is 0.930. The smallest absolute Gasteiger partial charge is 0.210 e. The first-order valence-electron chi connectivity index (χ1n) is 4.79. The Morgan fingerprint density at radius 2 is 1.81 bits per heavy atom. The standard InChI is InChI=1S/C12H7NO3/c14-8-3-1-2-6-9(8)11(15)7-4-5-13-10(7)12(6)16/h1-5,13-14H. The van der Waals surface area contributed by atoms with Crippen LogP contribution in [0.15, 0.2) is 30.5 Å². The molecule has 2 N–H and O–H groups in total. The van der Waals surface area contributed by atoms with Crippen LogP contribution in [0.3, 0.4) is 0 Å². The van der Waals surface area contributed by atoms with Crippen molar-refractivity contribution in [3.05, 3.63) is 52.8 Å². The van der Waals surface area contributed by atoms with Gasteiger partial charge >= 0.3 is 0 Å². The van der Waals surface area contributed by atoms with Gasteiger partial charge in [-0.05, 0) is 18.2 Å². The Kier molecular flexibility index (Phi) is 1.57. The molecule has 3 rings (SSSR count). The van der Waals surface area contributed by atoms with Crippen LogP contribution in [0.5, 0.6) is 5.75 Å². The van der Waals surface area contributed by atoms with Gasteiger partial charge in [-0.25, -0.2) is 0 Å². The molecule has 1 aromatic heterocycles. The number of aromatic amines is 1. The number of nitrogens with one attached hydrogen (secondary N) is 1. The van der Waals surface area contributed by atoms with Gasteiger partial charge in [0.1, 0.15) is 5.75 Å². The van der Waals surface area contributed by atoms with E-state index in [9.17, 15) is 14.7 Å². The van der Waals surface area contributed by atoms with Crippen molar-refractivity contribution >= 4 is 11.6 Å². The Morgan fingerprint density at radius 1 is 1.00 bits per heavy atom. The summed E-state index contributed by atoms with van der Waals surface area (Å²) >= 11 is 0. The fraction of sp³-hybridized carbons (Fsp3) is 0. The third-order valence-corrected chi connectivity index (χ3v) is 2.73. The molecular formula is C12H7NO3. The lowest BCUT2D eigenvalue weighted by Crippen LogP contribution is -2.20. The molecule has 0 fully saturated rings. The number of carbonyl (C=O) groups excluding carboxylic acids is 2. The first kappa shape index (κ1) is 8.91. The minimum absolute atomic E-state index is 0.0969. The van der Waals surface area contributed by atoms with Gasteiger partial charge in [-0.15, -0.1) is 0 Å². The van der Waals surface area contributed by atoms with Crippen molar-refractivity contribution in [1.29, 1.82) is 0 Å². The highest BCUT2D eigenvalue weighted by Gasteiger charge is 2.32. The molecule has 0 atom stereocenters. The summed E-state index contributed by atoms with van der Waals surface area (Å²) in [6.45, 7) is 0. The van der Waals surface area contributed by atoms with Crippen LogP contribution in [0.1, 0.15) is 32.0 Å². The number of phenolic OH excluding ortho intramolecular Hbond substituents is 1. The number of hydrogen-bond donors (Lipinski definition) is 2. The average molecular weight is 213 g/mol. The quantitative estimate of drug-likeness (QED) is 0.594. The molecular weight excluding hydrogens is 206 g/mol. The SMILES string of the molecule is O=C1c2cccc(O)c2C(=O)c2cc[nH]c21. The lowest BCUT2D eigenvalue weighted by atomic mass is 9.87. The molecule has 1 aliphatic carbocycles. The fourth-order valence-corrected chi connectivity index (χ4v) is 1.98. The number of carbonyl (C=O) groups is 2. The number of aromatic nitrogens is 1. The predicted octanol–water partition coefficient (Wildman–Crippen LogP) is 1.50. The molecule has 0 saturated heterocycles. The van der Waals surface area contributed by atoms with Crippen molar-refractivity contribution in [2.24, 2.45) is 0 Å². The number of hydrogen-bond acceptors (Lipinski definition) is 3. The summed E-state index contributed by atoms with van der Waals surface area (Å²) in [7, 11) is 0. The number of aromatic hydroxyl groups is 1. The fourth-order valence-electron chi connectivity index (χ4n) is 1.98. The second kappa shape index (κ2) is 2.82. The zero-order valence-electron chi connectivity index (χ0n) is 8.15. The highest BCUT2D eigenvalue weighted by atomic mass is 16.3. The van der Waals surface area contributed by atoms with E-state index in [4.69, 9.17) is 0 Å². The Hall–Kier alpha value is -2.36. The number of phenols is 1. The van der Waals surface area contributed by atoms with Crippen LogP contribution >= 0.6 is 0 Å². The van der Waals surface area contributed by atoms with E-state index < -0.39 is 0 Å². The molecule has 4 nitrogen and oxygen atoms in total. The summed E-state index contributed by atoms with van der Waals surface area (Å²) in [6.07, 6.45) is 1.55. The van der Waals surface area contributed by atoms with Gasteiger partial charge in [0.2, 0.25) is 5.78 Å². The minimum atomic E-state index is -0.316. The molecule has 0 saturated carbocycles. The van der Waals surface area contributed by atoms with Crippen molar-refractivity contribution in [3.63, 3.8) is 0 Å². The van der Waals surface area contributed by atoms with Crippen LogP contribution < -0.4 is 0 Å². The number of rotatable bonds is 0. The normalized spacial score (nSPS) is 13.5. The van der Waals surface area contributed by atoms with Crippen molar-refractivity contribution in [2.75, 3.05) is 0 Å². The molecule has 0 radical (unpaired) electrons. The van der Waals surface area contributed by atoms with E-state index in [0.717, 1.165) is 0 Å². The minimum Gasteiger partial charge on any atom is -0.507 e. The Labute approximate surface area is 90.5 Å². The topological polar surface area (TPSA) is 70.2 Å². The van der Waals surface area contributed by atoms with E-state index in [0.29, 0.717) is 11.3 Å². The molecule has 1 heterocycles. The van der Waals surface area contributed by atoms with Gasteiger partial charge in [0.25, 0.3) is 0 Å². The molecule has 0 aliphatic heterocycles. The zero-order valence-corrected chi connectivity index (χ0v) is 8.15. The van der Waals surface area contributed by atoms with E-state index in [-0.39, 0.29) is 28.4 Å². The van der Waals surface area contributed by atoms with Crippen LogP contribution in [-0.4, -0.2) is 21.7 Å². The van der Waals surface area contributed by atoms with E-state index in [2.05, 4.69) is 4.98 Å². The van der Waals surface area contributed by atoms with E-state index in [1.165, 1.54) is 6.07 Å². The Morgan fingerprint density at radius 3 is 2.62 bits per heavy atom. The lowest BCUT2D eigenvalue weighted by Gasteiger charge is -2.14. The predicted molar refractivity (Wildman–Crippen MR) is 55.8 cm³/mol. The average Bonchev–Trinajstić information content (AvgIpc) is 2.75. The maximum atomic E-state index is 12.0. The molecule has 1 aromatic carbocycles. The summed E-state index contributed by atoms with van der Waals surface area (Å²) in [5, 5.41) is 9.62. The summed E-state index contributed by atoms with van der Waals surface area (Å²) < 4.78 is 0. The van der Waals surface area contributed by atoms with E-state index in [1.807, 2.05) is 0 Å². The van der Waals surface area contributed by atoms with Gasteiger partial charge in [-0.2, -0.15) is 0 Å². The van der Waals surface area contributed by atoms with Gasteiger partial charge in [-0.3, -0.25) is 9.59 Å².